The number of likely N-dealkylation sites (N-methyl/N-ethyl adjacent to an activating group) is 1. The number of allylic oxidation sites excluding steroid dienone is 1. The van der Waals surface area contributed by atoms with Gasteiger partial charge in [-0.3, -0.25) is 0 Å². The summed E-state index contributed by atoms with van der Waals surface area (Å²) < 4.78 is 0.856. The van der Waals surface area contributed by atoms with Crippen molar-refractivity contribution in [2.75, 3.05) is 34.2 Å². The molecule has 0 bridgehead atoms. The third kappa shape index (κ3) is 6.86. The van der Waals surface area contributed by atoms with Crippen molar-refractivity contribution in [2.24, 2.45) is 0 Å². The molecule has 0 aliphatic rings. The Balaban J connectivity index is 3.77. The van der Waals surface area contributed by atoms with Crippen LogP contribution in [0, 0.1) is 22.7 Å². The quantitative estimate of drug-likeness (QED) is 0.381. The molecule has 0 unspecified atom stereocenters. The maximum Gasteiger partial charge on any atom is 0.145 e. The van der Waals surface area contributed by atoms with Crippen LogP contribution < -0.4 is 5.32 Å². The molecule has 0 aromatic rings. The van der Waals surface area contributed by atoms with Crippen LogP contribution in [-0.2, 0) is 0 Å². The Bertz CT molecular complexity index is 243. The molecule has 0 atom stereocenters. The van der Waals surface area contributed by atoms with Gasteiger partial charge in [0.1, 0.15) is 17.7 Å². The molecule has 0 fully saturated rings. The molecule has 0 rings (SSSR count). The molecular weight excluding hydrogens is 164 g/mol. The summed E-state index contributed by atoms with van der Waals surface area (Å²) in [4.78, 5) is 0. The summed E-state index contributed by atoms with van der Waals surface area (Å²) >= 11 is 0. The van der Waals surface area contributed by atoms with E-state index < -0.39 is 0 Å². The first-order valence-electron chi connectivity index (χ1n) is 4.04. The summed E-state index contributed by atoms with van der Waals surface area (Å²) in [5.74, 6) is 0. The normalized spacial score (nSPS) is 9.62. The summed E-state index contributed by atoms with van der Waals surface area (Å²) in [5, 5.41) is 19.7. The standard InChI is InChI=1S/C9H15N4/c1-13(2,3)5-4-12-8-9(6-10)7-11/h8,12H,4-5H2,1-3H3/q+1. The topological polar surface area (TPSA) is 59.6 Å². The molecule has 0 saturated heterocycles. The monoisotopic (exact) mass is 179 g/mol. The van der Waals surface area contributed by atoms with Gasteiger partial charge in [0, 0.05) is 6.20 Å². The summed E-state index contributed by atoms with van der Waals surface area (Å²) in [5.41, 5.74) is 0.112. The van der Waals surface area contributed by atoms with Crippen molar-refractivity contribution < 1.29 is 4.48 Å². The van der Waals surface area contributed by atoms with Gasteiger partial charge in [-0.05, 0) is 0 Å². The minimum absolute atomic E-state index is 0.112. The molecule has 0 aromatic heterocycles. The summed E-state index contributed by atoms with van der Waals surface area (Å²) in [6.07, 6.45) is 1.45. The van der Waals surface area contributed by atoms with Gasteiger partial charge in [0.15, 0.2) is 0 Å². The first-order chi connectivity index (χ1) is 5.99. The molecule has 0 amide bonds. The van der Waals surface area contributed by atoms with Gasteiger partial charge in [-0.25, -0.2) is 0 Å². The van der Waals surface area contributed by atoms with Crippen molar-refractivity contribution in [3.8, 4) is 12.1 Å². The van der Waals surface area contributed by atoms with E-state index in [1.807, 2.05) is 0 Å². The average molecular weight is 179 g/mol. The van der Waals surface area contributed by atoms with Crippen molar-refractivity contribution in [2.45, 2.75) is 0 Å². The lowest BCUT2D eigenvalue weighted by Crippen LogP contribution is -2.39. The van der Waals surface area contributed by atoms with E-state index in [0.717, 1.165) is 17.6 Å². The lowest BCUT2D eigenvalue weighted by molar-refractivity contribution is -0.869. The number of rotatable bonds is 4. The van der Waals surface area contributed by atoms with E-state index in [4.69, 9.17) is 10.5 Å². The minimum Gasteiger partial charge on any atom is -0.384 e. The molecule has 0 aliphatic heterocycles. The van der Waals surface area contributed by atoms with Crippen molar-refractivity contribution in [1.82, 2.24) is 5.32 Å². The van der Waals surface area contributed by atoms with Crippen LogP contribution in [0.25, 0.3) is 0 Å². The Morgan fingerprint density at radius 3 is 2.23 bits per heavy atom. The Hall–Kier alpha value is -1.52. The summed E-state index contributed by atoms with van der Waals surface area (Å²) in [7, 11) is 6.25. The predicted octanol–water partition coefficient (Wildman–Crippen LogP) is 0.213. The molecule has 0 aliphatic carbocycles. The highest BCUT2D eigenvalue weighted by Crippen LogP contribution is 1.88. The second-order valence-electron chi connectivity index (χ2n) is 3.75. The fourth-order valence-corrected chi connectivity index (χ4v) is 0.664. The molecule has 0 saturated carbocycles. The third-order valence-corrected chi connectivity index (χ3v) is 1.41. The van der Waals surface area contributed by atoms with Crippen molar-refractivity contribution >= 4 is 0 Å². The van der Waals surface area contributed by atoms with E-state index in [-0.39, 0.29) is 5.57 Å². The van der Waals surface area contributed by atoms with Crippen LogP contribution in [0.4, 0.5) is 0 Å². The van der Waals surface area contributed by atoms with Crippen LogP contribution >= 0.6 is 0 Å². The SMILES string of the molecule is C[N+](C)(C)CCNC=C(C#N)C#N. The minimum atomic E-state index is 0.112. The van der Waals surface area contributed by atoms with Crippen molar-refractivity contribution in [3.05, 3.63) is 11.8 Å². The molecular formula is C9H15N4+. The molecule has 4 heteroatoms. The zero-order valence-electron chi connectivity index (χ0n) is 8.33. The van der Waals surface area contributed by atoms with Gasteiger partial charge in [0.05, 0.1) is 34.2 Å². The van der Waals surface area contributed by atoms with Gasteiger partial charge in [0.2, 0.25) is 0 Å². The molecule has 0 aromatic carbocycles. The molecule has 0 radical (unpaired) electrons. The smallest absolute Gasteiger partial charge is 0.145 e. The largest absolute Gasteiger partial charge is 0.384 e. The van der Waals surface area contributed by atoms with Gasteiger partial charge in [-0.2, -0.15) is 10.5 Å². The van der Waals surface area contributed by atoms with E-state index in [1.54, 1.807) is 12.1 Å². The fourth-order valence-electron chi connectivity index (χ4n) is 0.664. The predicted molar refractivity (Wildman–Crippen MR) is 50.2 cm³/mol. The van der Waals surface area contributed by atoms with Crippen LogP contribution in [0.3, 0.4) is 0 Å². The fraction of sp³-hybridized carbons (Fsp3) is 0.556. The van der Waals surface area contributed by atoms with Gasteiger partial charge >= 0.3 is 0 Å². The second kappa shape index (κ2) is 5.18. The molecule has 70 valence electrons. The van der Waals surface area contributed by atoms with E-state index in [2.05, 4.69) is 26.5 Å². The Labute approximate surface area is 79.3 Å². The maximum atomic E-state index is 8.40. The van der Waals surface area contributed by atoms with E-state index >= 15 is 0 Å². The number of hydrogen-bond donors (Lipinski definition) is 1. The highest BCUT2D eigenvalue weighted by atomic mass is 15.3. The van der Waals surface area contributed by atoms with Gasteiger partial charge < -0.3 is 9.80 Å². The van der Waals surface area contributed by atoms with Crippen LogP contribution in [-0.4, -0.2) is 38.7 Å². The zero-order chi connectivity index (χ0) is 10.3. The van der Waals surface area contributed by atoms with E-state index in [9.17, 15) is 0 Å². The van der Waals surface area contributed by atoms with Crippen LogP contribution in [0.5, 0.6) is 0 Å². The lowest BCUT2D eigenvalue weighted by atomic mass is 10.3. The van der Waals surface area contributed by atoms with Crippen LogP contribution in [0.2, 0.25) is 0 Å². The molecule has 1 N–H and O–H groups in total. The van der Waals surface area contributed by atoms with Gasteiger partial charge in [0.25, 0.3) is 0 Å². The second-order valence-corrected chi connectivity index (χ2v) is 3.75. The first-order valence-corrected chi connectivity index (χ1v) is 4.04. The highest BCUT2D eigenvalue weighted by Gasteiger charge is 2.04. The number of quaternary nitrogens is 1. The average Bonchev–Trinajstić information content (AvgIpc) is 2.03. The lowest BCUT2D eigenvalue weighted by Gasteiger charge is -2.23. The summed E-state index contributed by atoms with van der Waals surface area (Å²) in [6, 6.07) is 3.56. The molecule has 0 spiro atoms. The van der Waals surface area contributed by atoms with Crippen LogP contribution in [0.15, 0.2) is 11.8 Å². The number of hydrogen-bond acceptors (Lipinski definition) is 3. The first kappa shape index (κ1) is 11.5. The van der Waals surface area contributed by atoms with Gasteiger partial charge in [-0.15, -0.1) is 0 Å². The Morgan fingerprint density at radius 1 is 1.31 bits per heavy atom. The van der Waals surface area contributed by atoms with E-state index in [1.165, 1.54) is 6.20 Å². The Kier molecular flexibility index (Phi) is 4.58. The molecule has 13 heavy (non-hydrogen) atoms. The number of nitrogens with one attached hydrogen (secondary N) is 1. The maximum absolute atomic E-state index is 8.40. The van der Waals surface area contributed by atoms with Crippen molar-refractivity contribution in [1.29, 1.82) is 10.5 Å². The van der Waals surface area contributed by atoms with E-state index in [0.29, 0.717) is 0 Å². The Morgan fingerprint density at radius 2 is 1.85 bits per heavy atom. The van der Waals surface area contributed by atoms with Gasteiger partial charge in [-0.1, -0.05) is 0 Å². The number of nitrogens with zero attached hydrogens (tertiary/aromatic N) is 3. The number of nitriles is 2. The summed E-state index contributed by atoms with van der Waals surface area (Å²) in [6.45, 7) is 1.71. The third-order valence-electron chi connectivity index (χ3n) is 1.41. The van der Waals surface area contributed by atoms with Crippen molar-refractivity contribution in [3.63, 3.8) is 0 Å². The highest BCUT2D eigenvalue weighted by molar-refractivity contribution is 5.34. The van der Waals surface area contributed by atoms with Crippen LogP contribution in [0.1, 0.15) is 0 Å². The molecule has 0 heterocycles. The zero-order valence-corrected chi connectivity index (χ0v) is 8.33. The molecule has 4 nitrogen and oxygen atoms in total.